The Labute approximate surface area is 111 Å². The van der Waals surface area contributed by atoms with Gasteiger partial charge in [-0.05, 0) is 19.1 Å². The molecule has 0 saturated carbocycles. The van der Waals surface area contributed by atoms with Crippen molar-refractivity contribution >= 4 is 17.4 Å². The van der Waals surface area contributed by atoms with Crippen LogP contribution in [0.1, 0.15) is 17.3 Å². The number of rotatable bonds is 4. The van der Waals surface area contributed by atoms with Gasteiger partial charge in [-0.2, -0.15) is 5.10 Å². The Kier molecular flexibility index (Phi) is 3.70. The summed E-state index contributed by atoms with van der Waals surface area (Å²) in [5.74, 6) is 0.747. The summed E-state index contributed by atoms with van der Waals surface area (Å²) in [6.45, 7) is 2.48. The molecule has 0 saturated heterocycles. The second-order valence-electron chi connectivity index (χ2n) is 3.98. The molecule has 2 aromatic rings. The van der Waals surface area contributed by atoms with Crippen LogP contribution in [0.4, 0.5) is 11.5 Å². The number of nitrogens with zero attached hydrogens (tertiary/aromatic N) is 2. The molecule has 1 aromatic heterocycles. The molecule has 0 radical (unpaired) electrons. The predicted molar refractivity (Wildman–Crippen MR) is 73.2 cm³/mol. The first-order valence-corrected chi connectivity index (χ1v) is 5.93. The van der Waals surface area contributed by atoms with Crippen LogP contribution >= 0.6 is 0 Å². The van der Waals surface area contributed by atoms with E-state index in [1.165, 1.54) is 10.9 Å². The lowest BCUT2D eigenvalue weighted by Crippen LogP contribution is -2.13. The summed E-state index contributed by atoms with van der Waals surface area (Å²) in [6, 6.07) is 7.19. The molecule has 6 nitrogen and oxygen atoms in total. The van der Waals surface area contributed by atoms with Crippen LogP contribution in [-0.2, 0) is 7.05 Å². The quantitative estimate of drug-likeness (QED) is 0.875. The summed E-state index contributed by atoms with van der Waals surface area (Å²) in [4.78, 5) is 12.0. The van der Waals surface area contributed by atoms with Crippen LogP contribution in [0.5, 0.6) is 5.75 Å². The normalized spacial score (nSPS) is 10.2. The maximum atomic E-state index is 12.0. The number of anilines is 2. The van der Waals surface area contributed by atoms with Crippen molar-refractivity contribution in [2.75, 3.05) is 17.7 Å². The number of aryl methyl sites for hydroxylation is 1. The van der Waals surface area contributed by atoms with Crippen molar-refractivity contribution < 1.29 is 9.53 Å². The van der Waals surface area contributed by atoms with E-state index in [1.54, 1.807) is 19.2 Å². The molecular weight excluding hydrogens is 244 g/mol. The molecule has 100 valence electrons. The van der Waals surface area contributed by atoms with Gasteiger partial charge in [0.05, 0.1) is 12.8 Å². The van der Waals surface area contributed by atoms with Crippen molar-refractivity contribution in [3.8, 4) is 5.75 Å². The van der Waals surface area contributed by atoms with Gasteiger partial charge in [0.15, 0.2) is 0 Å². The third kappa shape index (κ3) is 2.85. The maximum absolute atomic E-state index is 12.0. The molecule has 0 aliphatic rings. The van der Waals surface area contributed by atoms with Gasteiger partial charge in [0, 0.05) is 18.8 Å². The van der Waals surface area contributed by atoms with Crippen LogP contribution in [0.15, 0.2) is 30.5 Å². The van der Waals surface area contributed by atoms with Crippen LogP contribution in [0, 0.1) is 0 Å². The number of ether oxygens (including phenoxy) is 1. The van der Waals surface area contributed by atoms with Crippen LogP contribution in [0.2, 0.25) is 0 Å². The van der Waals surface area contributed by atoms with Crippen molar-refractivity contribution in [3.63, 3.8) is 0 Å². The molecule has 1 heterocycles. The fourth-order valence-corrected chi connectivity index (χ4v) is 1.65. The molecule has 3 N–H and O–H groups in total. The summed E-state index contributed by atoms with van der Waals surface area (Å²) >= 11 is 0. The second-order valence-corrected chi connectivity index (χ2v) is 3.98. The van der Waals surface area contributed by atoms with E-state index in [0.717, 1.165) is 0 Å². The first kappa shape index (κ1) is 12.9. The lowest BCUT2D eigenvalue weighted by molar-refractivity contribution is 0.102. The van der Waals surface area contributed by atoms with Crippen LogP contribution < -0.4 is 15.8 Å². The molecule has 6 heteroatoms. The van der Waals surface area contributed by atoms with Gasteiger partial charge < -0.3 is 15.8 Å². The number of hydrogen-bond donors (Lipinski definition) is 2. The van der Waals surface area contributed by atoms with Gasteiger partial charge in [0.25, 0.3) is 5.91 Å². The van der Waals surface area contributed by atoms with E-state index in [0.29, 0.717) is 29.4 Å². The largest absolute Gasteiger partial charge is 0.494 e. The van der Waals surface area contributed by atoms with Gasteiger partial charge in [-0.3, -0.25) is 9.48 Å². The fourth-order valence-electron chi connectivity index (χ4n) is 1.65. The smallest absolute Gasteiger partial charge is 0.261 e. The Bertz CT molecular complexity index is 592. The van der Waals surface area contributed by atoms with Crippen LogP contribution in [0.3, 0.4) is 0 Å². The Morgan fingerprint density at radius 2 is 2.32 bits per heavy atom. The summed E-state index contributed by atoms with van der Waals surface area (Å²) < 4.78 is 6.82. The highest BCUT2D eigenvalue weighted by atomic mass is 16.5. The monoisotopic (exact) mass is 260 g/mol. The first-order valence-electron chi connectivity index (χ1n) is 5.93. The summed E-state index contributed by atoms with van der Waals surface area (Å²) in [7, 11) is 1.68. The number of carbonyl (C=O) groups excluding carboxylic acids is 1. The Balaban J connectivity index is 2.15. The molecule has 2 rings (SSSR count). The van der Waals surface area contributed by atoms with Gasteiger partial charge in [0.1, 0.15) is 17.1 Å². The number of nitrogens with two attached hydrogens (primary N) is 1. The zero-order chi connectivity index (χ0) is 13.8. The van der Waals surface area contributed by atoms with Gasteiger partial charge >= 0.3 is 0 Å². The highest BCUT2D eigenvalue weighted by Crippen LogP contribution is 2.19. The molecule has 0 spiro atoms. The minimum Gasteiger partial charge on any atom is -0.494 e. The van der Waals surface area contributed by atoms with E-state index in [-0.39, 0.29) is 5.91 Å². The number of amides is 1. The van der Waals surface area contributed by atoms with E-state index in [2.05, 4.69) is 10.4 Å². The van der Waals surface area contributed by atoms with Gasteiger partial charge in [0.2, 0.25) is 0 Å². The van der Waals surface area contributed by atoms with Crippen molar-refractivity contribution in [2.45, 2.75) is 6.92 Å². The third-order valence-electron chi connectivity index (χ3n) is 2.63. The minimum atomic E-state index is -0.292. The molecule has 0 bridgehead atoms. The number of benzene rings is 1. The number of nitrogens with one attached hydrogen (secondary N) is 1. The summed E-state index contributed by atoms with van der Waals surface area (Å²) in [6.07, 6.45) is 1.44. The van der Waals surface area contributed by atoms with Gasteiger partial charge in [-0.1, -0.05) is 6.07 Å². The number of aromatic nitrogens is 2. The minimum absolute atomic E-state index is 0.292. The average molecular weight is 260 g/mol. The van der Waals surface area contributed by atoms with Gasteiger partial charge in [-0.25, -0.2) is 0 Å². The van der Waals surface area contributed by atoms with Crippen molar-refractivity contribution in [3.05, 3.63) is 36.0 Å². The summed E-state index contributed by atoms with van der Waals surface area (Å²) in [5, 5.41) is 6.69. The van der Waals surface area contributed by atoms with E-state index in [9.17, 15) is 4.79 Å². The van der Waals surface area contributed by atoms with E-state index in [1.807, 2.05) is 19.1 Å². The van der Waals surface area contributed by atoms with Gasteiger partial charge in [-0.15, -0.1) is 0 Å². The molecule has 0 aliphatic carbocycles. The molecule has 0 aliphatic heterocycles. The highest BCUT2D eigenvalue weighted by molar-refractivity contribution is 6.07. The molecular formula is C13H16N4O2. The van der Waals surface area contributed by atoms with Crippen molar-refractivity contribution in [2.24, 2.45) is 7.05 Å². The second kappa shape index (κ2) is 5.43. The topological polar surface area (TPSA) is 82.2 Å². The molecule has 0 unspecified atom stereocenters. The predicted octanol–water partition coefficient (Wildman–Crippen LogP) is 1.65. The maximum Gasteiger partial charge on any atom is 0.261 e. The molecule has 0 atom stereocenters. The van der Waals surface area contributed by atoms with Crippen molar-refractivity contribution in [1.82, 2.24) is 9.78 Å². The standard InChI is InChI=1S/C13H16N4O2/c1-3-19-10-6-4-5-9(7-10)16-13(18)11-8-15-17(2)12(11)14/h4-8H,3,14H2,1-2H3,(H,16,18). The Morgan fingerprint density at radius 3 is 2.95 bits per heavy atom. The van der Waals surface area contributed by atoms with E-state index < -0.39 is 0 Å². The van der Waals surface area contributed by atoms with Crippen LogP contribution in [-0.4, -0.2) is 22.3 Å². The first-order chi connectivity index (χ1) is 9.11. The zero-order valence-corrected chi connectivity index (χ0v) is 10.9. The Hall–Kier alpha value is -2.50. The number of carbonyl (C=O) groups is 1. The molecule has 1 aromatic carbocycles. The summed E-state index contributed by atoms with van der Waals surface area (Å²) in [5.41, 5.74) is 6.75. The molecule has 19 heavy (non-hydrogen) atoms. The van der Waals surface area contributed by atoms with E-state index >= 15 is 0 Å². The SMILES string of the molecule is CCOc1cccc(NC(=O)c2cnn(C)c2N)c1. The highest BCUT2D eigenvalue weighted by Gasteiger charge is 2.13. The third-order valence-corrected chi connectivity index (χ3v) is 2.63. The van der Waals surface area contributed by atoms with Crippen molar-refractivity contribution in [1.29, 1.82) is 0 Å². The average Bonchev–Trinajstić information content (AvgIpc) is 2.71. The lowest BCUT2D eigenvalue weighted by atomic mass is 10.2. The molecule has 0 fully saturated rings. The fraction of sp³-hybridized carbons (Fsp3) is 0.231. The Morgan fingerprint density at radius 1 is 1.53 bits per heavy atom. The number of hydrogen-bond acceptors (Lipinski definition) is 4. The van der Waals surface area contributed by atoms with E-state index in [4.69, 9.17) is 10.5 Å². The molecule has 1 amide bonds. The zero-order valence-electron chi connectivity index (χ0n) is 10.9. The van der Waals surface area contributed by atoms with Crippen LogP contribution in [0.25, 0.3) is 0 Å². The number of nitrogen functional groups attached to an aromatic ring is 1. The lowest BCUT2D eigenvalue weighted by Gasteiger charge is -2.07.